The van der Waals surface area contributed by atoms with Crippen LogP contribution in [0.1, 0.15) is 30.8 Å². The summed E-state index contributed by atoms with van der Waals surface area (Å²) in [6, 6.07) is 3.25. The molecule has 2 rings (SSSR count). The molecule has 0 bridgehead atoms. The van der Waals surface area contributed by atoms with Crippen LogP contribution in [0.25, 0.3) is 0 Å². The molecular formula is C12H17N3O2. The summed E-state index contributed by atoms with van der Waals surface area (Å²) in [6.45, 7) is 6.38. The van der Waals surface area contributed by atoms with Gasteiger partial charge in [0.05, 0.1) is 0 Å². The van der Waals surface area contributed by atoms with Gasteiger partial charge in [-0.05, 0) is 30.4 Å². The quantitative estimate of drug-likeness (QED) is 0.844. The fraction of sp³-hybridized carbons (Fsp3) is 0.583. The van der Waals surface area contributed by atoms with Crippen molar-refractivity contribution in [2.45, 2.75) is 20.3 Å². The monoisotopic (exact) mass is 235 g/mol. The van der Waals surface area contributed by atoms with Crippen LogP contribution in [0.15, 0.2) is 12.1 Å². The van der Waals surface area contributed by atoms with E-state index in [-0.39, 0.29) is 5.69 Å². The Bertz CT molecular complexity index is 395. The lowest BCUT2D eigenvalue weighted by atomic mass is 9.92. The average Bonchev–Trinajstić information content (AvgIpc) is 2.28. The number of carboxylic acid groups (broad SMARTS) is 1. The molecule has 1 fully saturated rings. The van der Waals surface area contributed by atoms with Crippen molar-refractivity contribution in [2.75, 3.05) is 18.0 Å². The van der Waals surface area contributed by atoms with Crippen molar-refractivity contribution < 1.29 is 9.90 Å². The maximum atomic E-state index is 10.7. The molecule has 0 radical (unpaired) electrons. The Kier molecular flexibility index (Phi) is 3.26. The summed E-state index contributed by atoms with van der Waals surface area (Å²) in [7, 11) is 0. The van der Waals surface area contributed by atoms with Crippen molar-refractivity contribution in [3.8, 4) is 0 Å². The first-order valence-corrected chi connectivity index (χ1v) is 5.88. The van der Waals surface area contributed by atoms with Gasteiger partial charge in [0.1, 0.15) is 0 Å². The molecule has 1 N–H and O–H groups in total. The minimum Gasteiger partial charge on any atom is -0.476 e. The molecule has 92 valence electrons. The zero-order valence-electron chi connectivity index (χ0n) is 10.1. The van der Waals surface area contributed by atoms with Gasteiger partial charge >= 0.3 is 5.97 Å². The Balaban J connectivity index is 2.14. The van der Waals surface area contributed by atoms with Crippen LogP contribution in [-0.2, 0) is 0 Å². The molecule has 0 aliphatic carbocycles. The second kappa shape index (κ2) is 4.69. The zero-order valence-corrected chi connectivity index (χ0v) is 10.1. The van der Waals surface area contributed by atoms with Crippen LogP contribution in [0.4, 0.5) is 5.82 Å². The molecule has 5 heteroatoms. The molecule has 1 aliphatic rings. The molecule has 1 aliphatic heterocycles. The Hall–Kier alpha value is -1.65. The highest BCUT2D eigenvalue weighted by atomic mass is 16.4. The second-order valence-corrected chi connectivity index (χ2v) is 4.93. The van der Waals surface area contributed by atoms with E-state index in [0.29, 0.717) is 11.8 Å². The Labute approximate surface area is 100 Å². The van der Waals surface area contributed by atoms with Crippen molar-refractivity contribution in [2.24, 2.45) is 11.8 Å². The lowest BCUT2D eigenvalue weighted by Gasteiger charge is -2.35. The molecule has 0 aromatic carbocycles. The molecule has 0 unspecified atom stereocenters. The van der Waals surface area contributed by atoms with Crippen molar-refractivity contribution in [3.63, 3.8) is 0 Å². The van der Waals surface area contributed by atoms with E-state index >= 15 is 0 Å². The normalized spacial score (nSPS) is 24.7. The zero-order chi connectivity index (χ0) is 12.4. The van der Waals surface area contributed by atoms with Crippen LogP contribution in [0, 0.1) is 11.8 Å². The van der Waals surface area contributed by atoms with Gasteiger partial charge in [-0.2, -0.15) is 0 Å². The molecular weight excluding hydrogens is 218 g/mol. The summed E-state index contributed by atoms with van der Waals surface area (Å²) in [5, 5.41) is 16.5. The predicted octanol–water partition coefficient (Wildman–Crippen LogP) is 1.66. The first-order chi connectivity index (χ1) is 8.06. The SMILES string of the molecule is C[C@H]1C[C@H](C)CN(c2ccc(C(=O)O)nn2)C1. The number of anilines is 1. The third-order valence-corrected chi connectivity index (χ3v) is 3.06. The molecule has 0 spiro atoms. The fourth-order valence-electron chi connectivity index (χ4n) is 2.46. The molecule has 2 heterocycles. The summed E-state index contributed by atoms with van der Waals surface area (Å²) >= 11 is 0. The summed E-state index contributed by atoms with van der Waals surface area (Å²) < 4.78 is 0. The van der Waals surface area contributed by atoms with E-state index in [2.05, 4.69) is 28.9 Å². The topological polar surface area (TPSA) is 66.3 Å². The van der Waals surface area contributed by atoms with Crippen LogP contribution in [0.2, 0.25) is 0 Å². The number of aromatic carboxylic acids is 1. The van der Waals surface area contributed by atoms with Crippen LogP contribution < -0.4 is 4.90 Å². The van der Waals surface area contributed by atoms with Gasteiger partial charge in [-0.1, -0.05) is 13.8 Å². The van der Waals surface area contributed by atoms with E-state index in [1.54, 1.807) is 6.07 Å². The Morgan fingerprint density at radius 1 is 1.29 bits per heavy atom. The van der Waals surface area contributed by atoms with E-state index in [0.717, 1.165) is 18.9 Å². The Morgan fingerprint density at radius 2 is 1.94 bits per heavy atom. The second-order valence-electron chi connectivity index (χ2n) is 4.93. The highest BCUT2D eigenvalue weighted by Crippen LogP contribution is 2.24. The number of carboxylic acids is 1. The van der Waals surface area contributed by atoms with Gasteiger partial charge in [0.2, 0.25) is 0 Å². The van der Waals surface area contributed by atoms with Gasteiger partial charge in [0, 0.05) is 13.1 Å². The molecule has 17 heavy (non-hydrogen) atoms. The molecule has 1 aromatic rings. The summed E-state index contributed by atoms with van der Waals surface area (Å²) in [5.74, 6) is 1.01. The van der Waals surface area contributed by atoms with Crippen LogP contribution in [0.5, 0.6) is 0 Å². The third kappa shape index (κ3) is 2.72. The maximum Gasteiger partial charge on any atom is 0.356 e. The summed E-state index contributed by atoms with van der Waals surface area (Å²) in [6.07, 6.45) is 1.23. The highest BCUT2D eigenvalue weighted by molar-refractivity contribution is 5.85. The summed E-state index contributed by atoms with van der Waals surface area (Å²) in [5.41, 5.74) is -0.00754. The van der Waals surface area contributed by atoms with Crippen molar-refractivity contribution in [1.29, 1.82) is 0 Å². The first-order valence-electron chi connectivity index (χ1n) is 5.88. The minimum atomic E-state index is -1.04. The minimum absolute atomic E-state index is 0.00754. The largest absolute Gasteiger partial charge is 0.476 e. The number of piperidine rings is 1. The first kappa shape index (κ1) is 11.8. The molecule has 5 nitrogen and oxygen atoms in total. The number of hydrogen-bond donors (Lipinski definition) is 1. The van der Waals surface area contributed by atoms with Crippen LogP contribution >= 0.6 is 0 Å². The van der Waals surface area contributed by atoms with Gasteiger partial charge in [-0.15, -0.1) is 10.2 Å². The van der Waals surface area contributed by atoms with Gasteiger partial charge < -0.3 is 10.0 Å². The molecule has 1 aromatic heterocycles. The van der Waals surface area contributed by atoms with E-state index in [1.165, 1.54) is 12.5 Å². The van der Waals surface area contributed by atoms with Crippen LogP contribution in [-0.4, -0.2) is 34.4 Å². The molecule has 2 atom stereocenters. The lowest BCUT2D eigenvalue weighted by Crippen LogP contribution is -2.39. The van der Waals surface area contributed by atoms with Gasteiger partial charge in [0.25, 0.3) is 0 Å². The van der Waals surface area contributed by atoms with Crippen molar-refractivity contribution in [1.82, 2.24) is 10.2 Å². The van der Waals surface area contributed by atoms with E-state index in [4.69, 9.17) is 5.11 Å². The molecule has 1 saturated heterocycles. The van der Waals surface area contributed by atoms with Gasteiger partial charge in [-0.3, -0.25) is 0 Å². The third-order valence-electron chi connectivity index (χ3n) is 3.06. The van der Waals surface area contributed by atoms with Crippen molar-refractivity contribution in [3.05, 3.63) is 17.8 Å². The van der Waals surface area contributed by atoms with Crippen molar-refractivity contribution >= 4 is 11.8 Å². The van der Waals surface area contributed by atoms with E-state index in [9.17, 15) is 4.79 Å². The number of carbonyl (C=O) groups is 1. The lowest BCUT2D eigenvalue weighted by molar-refractivity contribution is 0.0689. The standard InChI is InChI=1S/C12H17N3O2/c1-8-5-9(2)7-15(6-8)11-4-3-10(12(16)17)13-14-11/h3-4,8-9H,5-7H2,1-2H3,(H,16,17)/t8-,9-/m0/s1. The van der Waals surface area contributed by atoms with E-state index in [1.807, 2.05) is 0 Å². The fourth-order valence-corrected chi connectivity index (χ4v) is 2.46. The molecule has 0 amide bonds. The Morgan fingerprint density at radius 3 is 2.41 bits per heavy atom. The number of rotatable bonds is 2. The smallest absolute Gasteiger partial charge is 0.356 e. The number of aromatic nitrogens is 2. The average molecular weight is 235 g/mol. The highest BCUT2D eigenvalue weighted by Gasteiger charge is 2.23. The van der Waals surface area contributed by atoms with Crippen LogP contribution in [0.3, 0.4) is 0 Å². The molecule has 0 saturated carbocycles. The maximum absolute atomic E-state index is 10.7. The van der Waals surface area contributed by atoms with Gasteiger partial charge in [0.15, 0.2) is 11.5 Å². The number of hydrogen-bond acceptors (Lipinski definition) is 4. The van der Waals surface area contributed by atoms with Gasteiger partial charge in [-0.25, -0.2) is 4.79 Å². The van der Waals surface area contributed by atoms with E-state index < -0.39 is 5.97 Å². The number of nitrogens with zero attached hydrogens (tertiary/aromatic N) is 3. The predicted molar refractivity (Wildman–Crippen MR) is 64.1 cm³/mol. The summed E-state index contributed by atoms with van der Waals surface area (Å²) in [4.78, 5) is 12.9.